The number of aryl methyl sites for hydroxylation is 1. The molecule has 0 N–H and O–H groups in total. The van der Waals surface area contributed by atoms with Crippen LogP contribution in [0.15, 0.2) is 36.5 Å². The molecule has 1 atom stereocenters. The third-order valence-electron chi connectivity index (χ3n) is 4.30. The second kappa shape index (κ2) is 6.57. The van der Waals surface area contributed by atoms with Gasteiger partial charge < -0.3 is 9.47 Å². The van der Waals surface area contributed by atoms with Crippen molar-refractivity contribution in [3.63, 3.8) is 0 Å². The molecule has 6 nitrogen and oxygen atoms in total. The van der Waals surface area contributed by atoms with Gasteiger partial charge in [0.05, 0.1) is 18.8 Å². The largest absolute Gasteiger partial charge is 0.489 e. The van der Waals surface area contributed by atoms with E-state index in [1.807, 2.05) is 42.1 Å². The van der Waals surface area contributed by atoms with Gasteiger partial charge in [0.15, 0.2) is 0 Å². The molecule has 3 aromatic rings. The van der Waals surface area contributed by atoms with Gasteiger partial charge in [-0.25, -0.2) is 9.67 Å². The number of para-hydroxylation sites is 1. The predicted molar refractivity (Wildman–Crippen MR) is 90.2 cm³/mol. The SMILES string of the molecule is Cc1ccc2cccc(OCCn3cc([C@@H]4CCOC4)nn3)c2n1. The first-order valence-electron chi connectivity index (χ1n) is 8.26. The normalized spacial score (nSPS) is 17.5. The van der Waals surface area contributed by atoms with Crippen molar-refractivity contribution in [3.05, 3.63) is 47.9 Å². The Hall–Kier alpha value is -2.47. The molecule has 1 aliphatic heterocycles. The quantitative estimate of drug-likeness (QED) is 0.722. The molecule has 0 aliphatic carbocycles. The van der Waals surface area contributed by atoms with Crippen LogP contribution < -0.4 is 4.74 Å². The number of fused-ring (bicyclic) bond motifs is 1. The highest BCUT2D eigenvalue weighted by atomic mass is 16.5. The zero-order valence-corrected chi connectivity index (χ0v) is 13.7. The van der Waals surface area contributed by atoms with Crippen molar-refractivity contribution >= 4 is 10.9 Å². The molecule has 0 radical (unpaired) electrons. The van der Waals surface area contributed by atoms with Crippen molar-refractivity contribution in [3.8, 4) is 5.75 Å². The number of aromatic nitrogens is 4. The van der Waals surface area contributed by atoms with E-state index in [9.17, 15) is 0 Å². The molecule has 0 unspecified atom stereocenters. The van der Waals surface area contributed by atoms with Gasteiger partial charge >= 0.3 is 0 Å². The summed E-state index contributed by atoms with van der Waals surface area (Å²) >= 11 is 0. The van der Waals surface area contributed by atoms with E-state index < -0.39 is 0 Å². The molecule has 0 bridgehead atoms. The van der Waals surface area contributed by atoms with Crippen LogP contribution in [-0.2, 0) is 11.3 Å². The van der Waals surface area contributed by atoms with E-state index in [-0.39, 0.29) is 0 Å². The molecule has 1 aromatic carbocycles. The van der Waals surface area contributed by atoms with Crippen LogP contribution in [0.3, 0.4) is 0 Å². The topological polar surface area (TPSA) is 62.1 Å². The van der Waals surface area contributed by atoms with Gasteiger partial charge in [-0.05, 0) is 25.5 Å². The van der Waals surface area contributed by atoms with Gasteiger partial charge in [0.25, 0.3) is 0 Å². The predicted octanol–water partition coefficient (Wildman–Crippen LogP) is 2.72. The number of nitrogens with zero attached hydrogens (tertiary/aromatic N) is 4. The van der Waals surface area contributed by atoms with Crippen molar-refractivity contribution in [2.75, 3.05) is 19.8 Å². The second-order valence-corrected chi connectivity index (χ2v) is 6.10. The first-order valence-corrected chi connectivity index (χ1v) is 8.26. The molecular formula is C18H20N4O2. The van der Waals surface area contributed by atoms with Gasteiger partial charge in [-0.3, -0.25) is 0 Å². The van der Waals surface area contributed by atoms with Crippen LogP contribution >= 0.6 is 0 Å². The summed E-state index contributed by atoms with van der Waals surface area (Å²) in [6, 6.07) is 10.1. The van der Waals surface area contributed by atoms with Gasteiger partial charge in [-0.15, -0.1) is 5.10 Å². The number of hydrogen-bond donors (Lipinski definition) is 0. The lowest BCUT2D eigenvalue weighted by molar-refractivity contribution is 0.193. The molecule has 0 spiro atoms. The zero-order chi connectivity index (χ0) is 16.4. The summed E-state index contributed by atoms with van der Waals surface area (Å²) in [7, 11) is 0. The minimum Gasteiger partial charge on any atom is -0.489 e. The Bertz CT molecular complexity index is 840. The standard InChI is InChI=1S/C18H20N4O2/c1-13-5-6-14-3-2-4-17(18(14)19-13)24-10-8-22-11-16(20-21-22)15-7-9-23-12-15/h2-6,11,15H,7-10,12H2,1H3/t15-/m1/s1. The van der Waals surface area contributed by atoms with Crippen molar-refractivity contribution in [1.82, 2.24) is 20.0 Å². The average molecular weight is 324 g/mol. The van der Waals surface area contributed by atoms with Gasteiger partial charge in [0.2, 0.25) is 0 Å². The minimum absolute atomic E-state index is 0.380. The molecule has 2 aromatic heterocycles. The van der Waals surface area contributed by atoms with E-state index in [1.54, 1.807) is 0 Å². The highest BCUT2D eigenvalue weighted by Crippen LogP contribution is 2.24. The summed E-state index contributed by atoms with van der Waals surface area (Å²) in [5.41, 5.74) is 2.90. The number of pyridine rings is 1. The lowest BCUT2D eigenvalue weighted by Gasteiger charge is -2.09. The van der Waals surface area contributed by atoms with E-state index in [2.05, 4.69) is 21.4 Å². The molecular weight excluding hydrogens is 304 g/mol. The molecule has 6 heteroatoms. The number of hydrogen-bond acceptors (Lipinski definition) is 5. The van der Waals surface area contributed by atoms with Crippen molar-refractivity contribution in [1.29, 1.82) is 0 Å². The first-order chi connectivity index (χ1) is 11.8. The fourth-order valence-electron chi connectivity index (χ4n) is 2.96. The van der Waals surface area contributed by atoms with Gasteiger partial charge in [0.1, 0.15) is 17.9 Å². The van der Waals surface area contributed by atoms with Crippen molar-refractivity contribution in [2.24, 2.45) is 0 Å². The number of ether oxygens (including phenoxy) is 2. The molecule has 1 fully saturated rings. The summed E-state index contributed by atoms with van der Waals surface area (Å²) in [5.74, 6) is 1.19. The molecule has 3 heterocycles. The molecule has 4 rings (SSSR count). The Morgan fingerprint density at radius 3 is 3.12 bits per heavy atom. The molecule has 0 saturated carbocycles. The Morgan fingerprint density at radius 2 is 2.25 bits per heavy atom. The average Bonchev–Trinajstić information content (AvgIpc) is 3.26. The van der Waals surface area contributed by atoms with Gasteiger partial charge in [-0.2, -0.15) is 0 Å². The van der Waals surface area contributed by atoms with E-state index >= 15 is 0 Å². The van der Waals surface area contributed by atoms with Crippen LogP contribution in [0, 0.1) is 6.92 Å². The van der Waals surface area contributed by atoms with Gasteiger partial charge in [-0.1, -0.05) is 23.4 Å². The lowest BCUT2D eigenvalue weighted by atomic mass is 10.1. The third-order valence-corrected chi connectivity index (χ3v) is 4.30. The maximum absolute atomic E-state index is 5.94. The molecule has 24 heavy (non-hydrogen) atoms. The second-order valence-electron chi connectivity index (χ2n) is 6.10. The van der Waals surface area contributed by atoms with Crippen LogP contribution in [-0.4, -0.2) is 39.8 Å². The monoisotopic (exact) mass is 324 g/mol. The molecule has 1 aliphatic rings. The maximum Gasteiger partial charge on any atom is 0.145 e. The number of benzene rings is 1. The Kier molecular flexibility index (Phi) is 4.13. The smallest absolute Gasteiger partial charge is 0.145 e. The fraction of sp³-hybridized carbons (Fsp3) is 0.389. The molecule has 0 amide bonds. The summed E-state index contributed by atoms with van der Waals surface area (Å²) in [6.07, 6.45) is 3.02. The van der Waals surface area contributed by atoms with E-state index in [0.717, 1.165) is 47.7 Å². The van der Waals surface area contributed by atoms with Crippen molar-refractivity contribution in [2.45, 2.75) is 25.8 Å². The summed E-state index contributed by atoms with van der Waals surface area (Å²) < 4.78 is 13.2. The Labute approximate surface area is 140 Å². The first kappa shape index (κ1) is 15.1. The van der Waals surface area contributed by atoms with E-state index in [0.29, 0.717) is 19.1 Å². The summed E-state index contributed by atoms with van der Waals surface area (Å²) in [6.45, 7) is 4.73. The van der Waals surface area contributed by atoms with Crippen molar-refractivity contribution < 1.29 is 9.47 Å². The Balaban J connectivity index is 1.41. The highest BCUT2D eigenvalue weighted by Gasteiger charge is 2.20. The third kappa shape index (κ3) is 3.10. The Morgan fingerprint density at radius 1 is 1.29 bits per heavy atom. The fourth-order valence-corrected chi connectivity index (χ4v) is 2.96. The molecule has 1 saturated heterocycles. The van der Waals surface area contributed by atoms with Crippen LogP contribution in [0.4, 0.5) is 0 Å². The zero-order valence-electron chi connectivity index (χ0n) is 13.7. The van der Waals surface area contributed by atoms with E-state index in [1.165, 1.54) is 0 Å². The summed E-state index contributed by atoms with van der Waals surface area (Å²) in [4.78, 5) is 4.58. The highest BCUT2D eigenvalue weighted by molar-refractivity contribution is 5.84. The van der Waals surface area contributed by atoms with Crippen LogP contribution in [0.5, 0.6) is 5.75 Å². The van der Waals surface area contributed by atoms with Crippen LogP contribution in [0.25, 0.3) is 10.9 Å². The van der Waals surface area contributed by atoms with Crippen LogP contribution in [0.2, 0.25) is 0 Å². The lowest BCUT2D eigenvalue weighted by Crippen LogP contribution is -2.09. The molecule has 124 valence electrons. The minimum atomic E-state index is 0.380. The van der Waals surface area contributed by atoms with Crippen LogP contribution in [0.1, 0.15) is 23.7 Å². The number of rotatable bonds is 5. The van der Waals surface area contributed by atoms with E-state index in [4.69, 9.17) is 9.47 Å². The summed E-state index contributed by atoms with van der Waals surface area (Å²) in [5, 5.41) is 9.52. The van der Waals surface area contributed by atoms with Gasteiger partial charge in [0, 0.05) is 29.8 Å². The maximum atomic E-state index is 5.94.